The van der Waals surface area contributed by atoms with Crippen molar-refractivity contribution in [1.29, 1.82) is 0 Å². The third kappa shape index (κ3) is 6.58. The van der Waals surface area contributed by atoms with Gasteiger partial charge in [0.25, 0.3) is 9.70 Å². The van der Waals surface area contributed by atoms with Gasteiger partial charge in [-0.2, -0.15) is 0 Å². The van der Waals surface area contributed by atoms with Gasteiger partial charge in [-0.1, -0.05) is 34.8 Å². The standard InChI is InChI=1S/C11H14Cl3N3O3/c12-11(13,14)10(19)17-8-1-2-9(16-7-8)15-3-5-20-6-4-18/h1-2,7,18H,3-6H2,(H,15,16)(H,17,19). The van der Waals surface area contributed by atoms with E-state index in [1.807, 2.05) is 0 Å². The number of aliphatic hydroxyl groups is 1. The first-order valence-electron chi connectivity index (χ1n) is 5.70. The Labute approximate surface area is 131 Å². The van der Waals surface area contributed by atoms with Crippen LogP contribution in [0.5, 0.6) is 0 Å². The molecule has 0 fully saturated rings. The highest BCUT2D eigenvalue weighted by molar-refractivity contribution is 6.76. The number of carbonyl (C=O) groups excluding carboxylic acids is 1. The number of aromatic nitrogens is 1. The smallest absolute Gasteiger partial charge is 0.276 e. The van der Waals surface area contributed by atoms with Crippen LogP contribution in [-0.2, 0) is 9.53 Å². The van der Waals surface area contributed by atoms with Gasteiger partial charge in [0.15, 0.2) is 0 Å². The zero-order valence-corrected chi connectivity index (χ0v) is 12.7. The predicted octanol–water partition coefficient (Wildman–Crippen LogP) is 1.81. The molecule has 3 N–H and O–H groups in total. The van der Waals surface area contributed by atoms with Crippen molar-refractivity contribution in [2.24, 2.45) is 0 Å². The summed E-state index contributed by atoms with van der Waals surface area (Å²) in [4.78, 5) is 15.5. The minimum absolute atomic E-state index is 0.00412. The summed E-state index contributed by atoms with van der Waals surface area (Å²) >= 11 is 16.3. The summed E-state index contributed by atoms with van der Waals surface area (Å²) in [7, 11) is 0. The van der Waals surface area contributed by atoms with Crippen LogP contribution in [0.25, 0.3) is 0 Å². The fraction of sp³-hybridized carbons (Fsp3) is 0.455. The maximum absolute atomic E-state index is 11.4. The lowest BCUT2D eigenvalue weighted by atomic mass is 10.4. The highest BCUT2D eigenvalue weighted by Gasteiger charge is 2.30. The number of carbonyl (C=O) groups is 1. The molecule has 0 aliphatic heterocycles. The molecule has 9 heteroatoms. The Kier molecular flexibility index (Phi) is 7.32. The zero-order chi connectivity index (χ0) is 15.0. The number of ether oxygens (including phenoxy) is 1. The molecule has 0 aliphatic rings. The number of hydrogen-bond acceptors (Lipinski definition) is 5. The van der Waals surface area contributed by atoms with E-state index in [9.17, 15) is 4.79 Å². The van der Waals surface area contributed by atoms with E-state index in [1.165, 1.54) is 6.20 Å². The van der Waals surface area contributed by atoms with E-state index in [0.717, 1.165) is 0 Å². The summed E-state index contributed by atoms with van der Waals surface area (Å²) in [5, 5.41) is 13.9. The Hall–Kier alpha value is -0.790. The molecule has 6 nitrogen and oxygen atoms in total. The Balaban J connectivity index is 2.39. The summed E-state index contributed by atoms with van der Waals surface area (Å²) in [6, 6.07) is 3.29. The molecular formula is C11H14Cl3N3O3. The molecule has 20 heavy (non-hydrogen) atoms. The van der Waals surface area contributed by atoms with Crippen LogP contribution in [0.3, 0.4) is 0 Å². The number of alkyl halides is 3. The van der Waals surface area contributed by atoms with Gasteiger partial charge in [0.1, 0.15) is 5.82 Å². The number of rotatable bonds is 7. The first kappa shape index (κ1) is 17.3. The topological polar surface area (TPSA) is 83.5 Å². The predicted molar refractivity (Wildman–Crippen MR) is 79.6 cm³/mol. The van der Waals surface area contributed by atoms with Gasteiger partial charge in [-0.25, -0.2) is 4.98 Å². The molecule has 1 amide bonds. The summed E-state index contributed by atoms with van der Waals surface area (Å²) in [5.74, 6) is -0.133. The maximum Gasteiger partial charge on any atom is 0.276 e. The number of hydrogen-bond donors (Lipinski definition) is 3. The average Bonchev–Trinajstić information content (AvgIpc) is 2.39. The fourth-order valence-electron chi connectivity index (χ4n) is 1.19. The van der Waals surface area contributed by atoms with Crippen LogP contribution in [0.1, 0.15) is 0 Å². The van der Waals surface area contributed by atoms with E-state index in [-0.39, 0.29) is 6.61 Å². The van der Waals surface area contributed by atoms with Gasteiger partial charge < -0.3 is 20.5 Å². The summed E-state index contributed by atoms with van der Waals surface area (Å²) in [5.41, 5.74) is 0.420. The van der Waals surface area contributed by atoms with Crippen molar-refractivity contribution in [3.8, 4) is 0 Å². The zero-order valence-electron chi connectivity index (χ0n) is 10.4. The lowest BCUT2D eigenvalue weighted by Gasteiger charge is -2.11. The molecule has 0 unspecified atom stereocenters. The molecule has 0 radical (unpaired) electrons. The van der Waals surface area contributed by atoms with E-state index in [1.54, 1.807) is 12.1 Å². The Morgan fingerprint density at radius 2 is 2.10 bits per heavy atom. The van der Waals surface area contributed by atoms with Gasteiger partial charge in [-0.05, 0) is 12.1 Å². The van der Waals surface area contributed by atoms with Gasteiger partial charge in [0.2, 0.25) is 0 Å². The molecule has 0 saturated heterocycles. The highest BCUT2D eigenvalue weighted by atomic mass is 35.6. The number of anilines is 2. The molecule has 1 aromatic rings. The van der Waals surface area contributed by atoms with Crippen LogP contribution >= 0.6 is 34.8 Å². The average molecular weight is 343 g/mol. The van der Waals surface area contributed by atoms with Gasteiger partial charge in [-0.3, -0.25) is 4.79 Å². The largest absolute Gasteiger partial charge is 0.394 e. The highest BCUT2D eigenvalue weighted by Crippen LogP contribution is 2.27. The molecule has 0 aromatic carbocycles. The monoisotopic (exact) mass is 341 g/mol. The lowest BCUT2D eigenvalue weighted by Crippen LogP contribution is -2.26. The summed E-state index contributed by atoms with van der Waals surface area (Å²) in [6.07, 6.45) is 1.44. The number of amides is 1. The summed E-state index contributed by atoms with van der Waals surface area (Å²) in [6.45, 7) is 1.30. The Morgan fingerprint density at radius 3 is 2.65 bits per heavy atom. The molecule has 0 aliphatic carbocycles. The van der Waals surface area contributed by atoms with Gasteiger partial charge in [-0.15, -0.1) is 0 Å². The molecule has 112 valence electrons. The molecule has 1 aromatic heterocycles. The van der Waals surface area contributed by atoms with E-state index >= 15 is 0 Å². The van der Waals surface area contributed by atoms with Crippen molar-refractivity contribution in [3.63, 3.8) is 0 Å². The van der Waals surface area contributed by atoms with Crippen molar-refractivity contribution < 1.29 is 14.6 Å². The Morgan fingerprint density at radius 1 is 1.35 bits per heavy atom. The number of aliphatic hydroxyl groups excluding tert-OH is 1. The Bertz CT molecular complexity index is 423. The van der Waals surface area contributed by atoms with Crippen molar-refractivity contribution in [3.05, 3.63) is 18.3 Å². The lowest BCUT2D eigenvalue weighted by molar-refractivity contribution is -0.115. The second-order valence-corrected chi connectivity index (χ2v) is 5.93. The van der Waals surface area contributed by atoms with Gasteiger partial charge in [0.05, 0.1) is 31.7 Å². The summed E-state index contributed by atoms with van der Waals surface area (Å²) < 4.78 is 3.06. The molecule has 1 heterocycles. The minimum atomic E-state index is -2.01. The minimum Gasteiger partial charge on any atom is -0.394 e. The van der Waals surface area contributed by atoms with E-state index in [4.69, 9.17) is 44.6 Å². The number of halogens is 3. The first-order valence-corrected chi connectivity index (χ1v) is 6.83. The number of nitrogens with zero attached hydrogens (tertiary/aromatic N) is 1. The van der Waals surface area contributed by atoms with Crippen molar-refractivity contribution in [2.45, 2.75) is 3.79 Å². The third-order valence-electron chi connectivity index (χ3n) is 2.07. The van der Waals surface area contributed by atoms with E-state index in [2.05, 4.69) is 15.6 Å². The van der Waals surface area contributed by atoms with Gasteiger partial charge in [0, 0.05) is 6.54 Å². The van der Waals surface area contributed by atoms with Crippen LogP contribution in [0, 0.1) is 0 Å². The SMILES string of the molecule is O=C(Nc1ccc(NCCOCCO)nc1)C(Cl)(Cl)Cl. The third-order valence-corrected chi connectivity index (χ3v) is 2.58. The van der Waals surface area contributed by atoms with Crippen molar-refractivity contribution in [2.75, 3.05) is 37.0 Å². The normalized spacial score (nSPS) is 11.2. The molecule has 0 saturated carbocycles. The molecule has 0 atom stereocenters. The van der Waals surface area contributed by atoms with Crippen molar-refractivity contribution in [1.82, 2.24) is 4.98 Å². The molecule has 0 spiro atoms. The first-order chi connectivity index (χ1) is 9.43. The fourth-order valence-corrected chi connectivity index (χ4v) is 1.33. The van der Waals surface area contributed by atoms with Crippen LogP contribution in [-0.4, -0.2) is 46.2 Å². The quantitative estimate of drug-likeness (QED) is 0.520. The molecular weight excluding hydrogens is 328 g/mol. The van der Waals surface area contributed by atoms with Gasteiger partial charge >= 0.3 is 0 Å². The van der Waals surface area contributed by atoms with Crippen molar-refractivity contribution >= 4 is 52.2 Å². The van der Waals surface area contributed by atoms with Crippen LogP contribution in [0.4, 0.5) is 11.5 Å². The second kappa shape index (κ2) is 8.49. The molecule has 0 bridgehead atoms. The van der Waals surface area contributed by atoms with Crippen LogP contribution in [0.2, 0.25) is 0 Å². The van der Waals surface area contributed by atoms with Crippen LogP contribution in [0.15, 0.2) is 18.3 Å². The second-order valence-electron chi connectivity index (χ2n) is 3.65. The number of pyridine rings is 1. The van der Waals surface area contributed by atoms with Crippen LogP contribution < -0.4 is 10.6 Å². The molecule has 1 rings (SSSR count). The van der Waals surface area contributed by atoms with E-state index in [0.29, 0.717) is 31.3 Å². The maximum atomic E-state index is 11.4. The number of nitrogens with one attached hydrogen (secondary N) is 2. The van der Waals surface area contributed by atoms with E-state index < -0.39 is 9.70 Å².